The van der Waals surface area contributed by atoms with Crippen molar-refractivity contribution in [1.29, 1.82) is 0 Å². The standard InChI is InChI=1S/C17H14N2O2S2/c1-22-15-8-4-13(5-9-15)19-16(20)12-2-6-14(7-3-12)21-17-18-10-11-23-17/h2-11H,1H3,(H,19,20). The number of ether oxygens (including phenoxy) is 1. The molecule has 6 heteroatoms. The van der Waals surface area contributed by atoms with Gasteiger partial charge in [0.15, 0.2) is 0 Å². The number of carbonyl (C=O) groups is 1. The van der Waals surface area contributed by atoms with Crippen LogP contribution in [0.25, 0.3) is 0 Å². The molecular weight excluding hydrogens is 328 g/mol. The molecule has 0 unspecified atom stereocenters. The van der Waals surface area contributed by atoms with E-state index in [0.717, 1.165) is 10.6 Å². The number of thiazole rings is 1. The van der Waals surface area contributed by atoms with Crippen molar-refractivity contribution in [1.82, 2.24) is 4.98 Å². The lowest BCUT2D eigenvalue weighted by atomic mass is 10.2. The van der Waals surface area contributed by atoms with Crippen LogP contribution in [0.15, 0.2) is 65.0 Å². The van der Waals surface area contributed by atoms with Crippen LogP contribution in [0, 0.1) is 0 Å². The Morgan fingerprint density at radius 2 is 1.87 bits per heavy atom. The van der Waals surface area contributed by atoms with Crippen molar-refractivity contribution >= 4 is 34.7 Å². The van der Waals surface area contributed by atoms with Crippen molar-refractivity contribution in [3.8, 4) is 10.9 Å². The van der Waals surface area contributed by atoms with E-state index in [0.29, 0.717) is 16.5 Å². The normalized spacial score (nSPS) is 10.3. The Hall–Kier alpha value is -2.31. The van der Waals surface area contributed by atoms with E-state index in [9.17, 15) is 4.79 Å². The minimum absolute atomic E-state index is 0.150. The molecule has 1 amide bonds. The molecule has 116 valence electrons. The number of carbonyl (C=O) groups excluding carboxylic acids is 1. The molecule has 1 N–H and O–H groups in total. The topological polar surface area (TPSA) is 51.2 Å². The van der Waals surface area contributed by atoms with Crippen molar-refractivity contribution in [3.05, 3.63) is 65.7 Å². The summed E-state index contributed by atoms with van der Waals surface area (Å²) >= 11 is 3.08. The van der Waals surface area contributed by atoms with Crippen LogP contribution in [-0.4, -0.2) is 17.1 Å². The van der Waals surface area contributed by atoms with Gasteiger partial charge in [-0.25, -0.2) is 4.98 Å². The van der Waals surface area contributed by atoms with E-state index in [-0.39, 0.29) is 5.91 Å². The summed E-state index contributed by atoms with van der Waals surface area (Å²) < 4.78 is 5.57. The van der Waals surface area contributed by atoms with Crippen LogP contribution < -0.4 is 10.1 Å². The van der Waals surface area contributed by atoms with E-state index < -0.39 is 0 Å². The fourth-order valence-corrected chi connectivity index (χ4v) is 2.83. The summed E-state index contributed by atoms with van der Waals surface area (Å²) in [5, 5.41) is 5.30. The van der Waals surface area contributed by atoms with Crippen LogP contribution in [0.4, 0.5) is 5.69 Å². The number of anilines is 1. The molecule has 0 saturated heterocycles. The highest BCUT2D eigenvalue weighted by atomic mass is 32.2. The number of aromatic nitrogens is 1. The number of thioether (sulfide) groups is 1. The molecule has 0 atom stereocenters. The summed E-state index contributed by atoms with van der Waals surface area (Å²) in [6.07, 6.45) is 3.70. The molecular formula is C17H14N2O2S2. The third-order valence-corrected chi connectivity index (χ3v) is 4.47. The zero-order valence-corrected chi connectivity index (χ0v) is 14.0. The van der Waals surface area contributed by atoms with Gasteiger partial charge in [-0.1, -0.05) is 11.3 Å². The fourth-order valence-electron chi connectivity index (χ4n) is 1.91. The van der Waals surface area contributed by atoms with Gasteiger partial charge in [0.2, 0.25) is 0 Å². The van der Waals surface area contributed by atoms with Crippen molar-refractivity contribution < 1.29 is 9.53 Å². The molecule has 0 aliphatic carbocycles. The van der Waals surface area contributed by atoms with E-state index in [1.165, 1.54) is 11.3 Å². The Morgan fingerprint density at radius 1 is 1.13 bits per heavy atom. The van der Waals surface area contributed by atoms with Gasteiger partial charge in [-0.3, -0.25) is 4.79 Å². The number of rotatable bonds is 5. The second-order valence-electron chi connectivity index (χ2n) is 4.61. The lowest BCUT2D eigenvalue weighted by molar-refractivity contribution is 0.102. The minimum Gasteiger partial charge on any atom is -0.431 e. The molecule has 0 aliphatic rings. The van der Waals surface area contributed by atoms with Gasteiger partial charge >= 0.3 is 0 Å². The third-order valence-electron chi connectivity index (χ3n) is 3.08. The van der Waals surface area contributed by atoms with Gasteiger partial charge in [0, 0.05) is 27.7 Å². The smallest absolute Gasteiger partial charge is 0.278 e. The molecule has 1 aromatic heterocycles. The Bertz CT molecular complexity index is 769. The minimum atomic E-state index is -0.150. The van der Waals surface area contributed by atoms with Gasteiger partial charge in [0.25, 0.3) is 11.1 Å². The first kappa shape index (κ1) is 15.6. The molecule has 1 heterocycles. The SMILES string of the molecule is CSc1ccc(NC(=O)c2ccc(Oc3nccs3)cc2)cc1. The van der Waals surface area contributed by atoms with E-state index in [2.05, 4.69) is 10.3 Å². The highest BCUT2D eigenvalue weighted by Crippen LogP contribution is 2.24. The van der Waals surface area contributed by atoms with Crippen LogP contribution in [0.5, 0.6) is 10.9 Å². The van der Waals surface area contributed by atoms with Gasteiger partial charge in [0.05, 0.1) is 0 Å². The molecule has 4 nitrogen and oxygen atoms in total. The number of benzene rings is 2. The molecule has 0 saturated carbocycles. The molecule has 23 heavy (non-hydrogen) atoms. The predicted octanol–water partition coefficient (Wildman–Crippen LogP) is 4.91. The highest BCUT2D eigenvalue weighted by molar-refractivity contribution is 7.98. The lowest BCUT2D eigenvalue weighted by Crippen LogP contribution is -2.11. The van der Waals surface area contributed by atoms with E-state index >= 15 is 0 Å². The summed E-state index contributed by atoms with van der Waals surface area (Å²) in [7, 11) is 0. The molecule has 3 rings (SSSR count). The second kappa shape index (κ2) is 7.30. The van der Waals surface area contributed by atoms with Crippen molar-refractivity contribution in [2.24, 2.45) is 0 Å². The molecule has 3 aromatic rings. The maximum absolute atomic E-state index is 12.2. The van der Waals surface area contributed by atoms with Gasteiger partial charge in [0.1, 0.15) is 5.75 Å². The Kier molecular flexibility index (Phi) is 4.95. The van der Waals surface area contributed by atoms with E-state index in [4.69, 9.17) is 4.74 Å². The summed E-state index contributed by atoms with van der Waals surface area (Å²) in [5.74, 6) is 0.503. The van der Waals surface area contributed by atoms with Gasteiger partial charge < -0.3 is 10.1 Å². The molecule has 0 fully saturated rings. The van der Waals surface area contributed by atoms with Crippen molar-refractivity contribution in [3.63, 3.8) is 0 Å². The van der Waals surface area contributed by atoms with Crippen LogP contribution in [0.2, 0.25) is 0 Å². The predicted molar refractivity (Wildman–Crippen MR) is 94.8 cm³/mol. The molecule has 0 spiro atoms. The monoisotopic (exact) mass is 342 g/mol. The summed E-state index contributed by atoms with van der Waals surface area (Å²) in [4.78, 5) is 17.4. The molecule has 0 radical (unpaired) electrons. The highest BCUT2D eigenvalue weighted by Gasteiger charge is 2.07. The number of hydrogen-bond donors (Lipinski definition) is 1. The Balaban J connectivity index is 1.64. The van der Waals surface area contributed by atoms with E-state index in [1.54, 1.807) is 42.2 Å². The van der Waals surface area contributed by atoms with Crippen LogP contribution in [0.1, 0.15) is 10.4 Å². The zero-order valence-electron chi connectivity index (χ0n) is 12.4. The number of hydrogen-bond acceptors (Lipinski definition) is 5. The van der Waals surface area contributed by atoms with Crippen LogP contribution in [0.3, 0.4) is 0 Å². The van der Waals surface area contributed by atoms with Gasteiger partial charge in [-0.05, 0) is 54.8 Å². The average molecular weight is 342 g/mol. The lowest BCUT2D eigenvalue weighted by Gasteiger charge is -2.07. The summed E-state index contributed by atoms with van der Waals surface area (Å²) in [6.45, 7) is 0. The quantitative estimate of drug-likeness (QED) is 0.669. The van der Waals surface area contributed by atoms with Gasteiger partial charge in [-0.15, -0.1) is 11.8 Å². The summed E-state index contributed by atoms with van der Waals surface area (Å²) in [5.41, 5.74) is 1.35. The Morgan fingerprint density at radius 3 is 2.48 bits per heavy atom. The second-order valence-corrected chi connectivity index (χ2v) is 6.34. The zero-order chi connectivity index (χ0) is 16.1. The van der Waals surface area contributed by atoms with Crippen LogP contribution >= 0.6 is 23.1 Å². The third kappa shape index (κ3) is 4.12. The first-order chi connectivity index (χ1) is 11.2. The maximum Gasteiger partial charge on any atom is 0.278 e. The largest absolute Gasteiger partial charge is 0.431 e. The van der Waals surface area contributed by atoms with Crippen molar-refractivity contribution in [2.45, 2.75) is 4.90 Å². The number of amides is 1. The summed E-state index contributed by atoms with van der Waals surface area (Å²) in [6, 6.07) is 14.7. The first-order valence-electron chi connectivity index (χ1n) is 6.87. The van der Waals surface area contributed by atoms with E-state index in [1.807, 2.05) is 35.9 Å². The average Bonchev–Trinajstić information content (AvgIpc) is 3.09. The Labute approximate surface area is 142 Å². The number of nitrogens with zero attached hydrogens (tertiary/aromatic N) is 1. The maximum atomic E-state index is 12.2. The molecule has 0 aliphatic heterocycles. The van der Waals surface area contributed by atoms with Crippen LogP contribution in [-0.2, 0) is 0 Å². The molecule has 0 bridgehead atoms. The molecule has 2 aromatic carbocycles. The fraction of sp³-hybridized carbons (Fsp3) is 0.0588. The first-order valence-corrected chi connectivity index (χ1v) is 8.98. The van der Waals surface area contributed by atoms with Gasteiger partial charge in [-0.2, -0.15) is 0 Å². The number of nitrogens with one attached hydrogen (secondary N) is 1. The van der Waals surface area contributed by atoms with Crippen molar-refractivity contribution in [2.75, 3.05) is 11.6 Å².